The van der Waals surface area contributed by atoms with Crippen LogP contribution in [0.2, 0.25) is 0 Å². The molecule has 1 aromatic rings. The number of halogens is 1. The first kappa shape index (κ1) is 14.6. The minimum Gasteiger partial charge on any atom is -0.371 e. The summed E-state index contributed by atoms with van der Waals surface area (Å²) in [5, 5.41) is 1.06. The summed E-state index contributed by atoms with van der Waals surface area (Å²) in [6.07, 6.45) is 0. The van der Waals surface area contributed by atoms with Gasteiger partial charge in [-0.05, 0) is 30.4 Å². The number of benzene rings is 1. The van der Waals surface area contributed by atoms with Crippen LogP contribution in [-0.4, -0.2) is 18.4 Å². The number of rotatable bonds is 5. The fourth-order valence-corrected chi connectivity index (χ4v) is 3.05. The van der Waals surface area contributed by atoms with Crippen LogP contribution in [0, 0.1) is 11.3 Å². The Morgan fingerprint density at radius 3 is 2.18 bits per heavy atom. The maximum atomic E-state index is 3.66. The predicted molar refractivity (Wildman–Crippen MR) is 81.1 cm³/mol. The molecule has 1 nitrogen and oxygen atoms in total. The van der Waals surface area contributed by atoms with Crippen LogP contribution in [-0.2, 0) is 0 Å². The Balaban J connectivity index is 2.76. The van der Waals surface area contributed by atoms with Crippen molar-refractivity contribution in [3.05, 3.63) is 30.3 Å². The van der Waals surface area contributed by atoms with Crippen molar-refractivity contribution in [3.8, 4) is 0 Å². The molecule has 1 unspecified atom stereocenters. The summed E-state index contributed by atoms with van der Waals surface area (Å²) in [7, 11) is 0. The van der Waals surface area contributed by atoms with Crippen LogP contribution in [0.15, 0.2) is 30.3 Å². The largest absolute Gasteiger partial charge is 0.371 e. The van der Waals surface area contributed by atoms with Gasteiger partial charge in [-0.3, -0.25) is 0 Å². The Morgan fingerprint density at radius 1 is 1.18 bits per heavy atom. The quantitative estimate of drug-likeness (QED) is 0.720. The molecule has 0 fully saturated rings. The summed E-state index contributed by atoms with van der Waals surface area (Å²) in [6.45, 7) is 11.3. The Morgan fingerprint density at radius 2 is 1.76 bits per heavy atom. The third-order valence-electron chi connectivity index (χ3n) is 3.35. The van der Waals surface area contributed by atoms with E-state index in [0.717, 1.165) is 18.4 Å². The third kappa shape index (κ3) is 4.34. The molecule has 0 aliphatic rings. The molecule has 0 aliphatic heterocycles. The highest BCUT2D eigenvalue weighted by Crippen LogP contribution is 2.29. The highest BCUT2D eigenvalue weighted by Gasteiger charge is 2.25. The van der Waals surface area contributed by atoms with E-state index in [-0.39, 0.29) is 0 Å². The van der Waals surface area contributed by atoms with Gasteiger partial charge >= 0.3 is 0 Å². The first-order chi connectivity index (χ1) is 7.99. The van der Waals surface area contributed by atoms with Gasteiger partial charge in [-0.15, -0.1) is 0 Å². The van der Waals surface area contributed by atoms with Crippen LogP contribution in [0.4, 0.5) is 5.69 Å². The van der Waals surface area contributed by atoms with Gasteiger partial charge in [0.05, 0.1) is 0 Å². The molecule has 0 aromatic heterocycles. The molecule has 0 bridgehead atoms. The summed E-state index contributed by atoms with van der Waals surface area (Å²) in [5.74, 6) is 0.655. The SMILES string of the molecule is CCN(CC(CBr)C(C)(C)C)c1ccccc1. The Kier molecular flexibility index (Phi) is 5.51. The molecule has 2 heteroatoms. The minimum absolute atomic E-state index is 0.339. The number of alkyl halides is 1. The molecule has 17 heavy (non-hydrogen) atoms. The Labute approximate surface area is 114 Å². The summed E-state index contributed by atoms with van der Waals surface area (Å²) in [4.78, 5) is 2.46. The summed E-state index contributed by atoms with van der Waals surface area (Å²) in [6, 6.07) is 10.7. The Bertz CT molecular complexity index is 315. The normalized spacial score (nSPS) is 13.5. The third-order valence-corrected chi connectivity index (χ3v) is 4.14. The molecule has 0 radical (unpaired) electrons. The van der Waals surface area contributed by atoms with Crippen molar-refractivity contribution >= 4 is 21.6 Å². The molecule has 0 N–H and O–H groups in total. The number of anilines is 1. The van der Waals surface area contributed by atoms with Crippen molar-refractivity contribution in [1.29, 1.82) is 0 Å². The second-order valence-electron chi connectivity index (χ2n) is 5.59. The van der Waals surface area contributed by atoms with Gasteiger partial charge in [0.1, 0.15) is 0 Å². The molecule has 96 valence electrons. The fourth-order valence-electron chi connectivity index (χ4n) is 1.88. The summed E-state index contributed by atoms with van der Waals surface area (Å²) >= 11 is 3.66. The first-order valence-corrected chi connectivity index (χ1v) is 7.47. The van der Waals surface area contributed by atoms with Gasteiger partial charge in [-0.1, -0.05) is 54.9 Å². The molecular weight excluding hydrogens is 274 g/mol. The van der Waals surface area contributed by atoms with Crippen LogP contribution >= 0.6 is 15.9 Å². The monoisotopic (exact) mass is 297 g/mol. The molecule has 0 spiro atoms. The predicted octanol–water partition coefficient (Wildman–Crippen LogP) is 4.57. The number of hydrogen-bond acceptors (Lipinski definition) is 1. The van der Waals surface area contributed by atoms with Crippen molar-refractivity contribution in [2.24, 2.45) is 11.3 Å². The highest BCUT2D eigenvalue weighted by molar-refractivity contribution is 9.09. The molecule has 1 aromatic carbocycles. The van der Waals surface area contributed by atoms with E-state index < -0.39 is 0 Å². The van der Waals surface area contributed by atoms with Crippen molar-refractivity contribution in [1.82, 2.24) is 0 Å². The van der Waals surface area contributed by atoms with Crippen LogP contribution in [0.1, 0.15) is 27.7 Å². The smallest absolute Gasteiger partial charge is 0.0366 e. The lowest BCUT2D eigenvalue weighted by atomic mass is 9.81. The number of nitrogens with zero attached hydrogens (tertiary/aromatic N) is 1. The average molecular weight is 298 g/mol. The summed E-state index contributed by atoms with van der Waals surface area (Å²) < 4.78 is 0. The van der Waals surface area contributed by atoms with Crippen LogP contribution in [0.5, 0.6) is 0 Å². The van der Waals surface area contributed by atoms with Crippen LogP contribution in [0.3, 0.4) is 0 Å². The van der Waals surface area contributed by atoms with E-state index in [9.17, 15) is 0 Å². The lowest BCUT2D eigenvalue weighted by Gasteiger charge is -2.35. The molecule has 0 heterocycles. The van der Waals surface area contributed by atoms with E-state index >= 15 is 0 Å². The first-order valence-electron chi connectivity index (χ1n) is 6.35. The number of para-hydroxylation sites is 1. The molecule has 0 saturated carbocycles. The summed E-state index contributed by atoms with van der Waals surface area (Å²) in [5.41, 5.74) is 1.66. The van der Waals surface area contributed by atoms with Gasteiger partial charge in [-0.25, -0.2) is 0 Å². The van der Waals surface area contributed by atoms with Gasteiger partial charge < -0.3 is 4.90 Å². The molecule has 0 aliphatic carbocycles. The van der Waals surface area contributed by atoms with Crippen LogP contribution in [0.25, 0.3) is 0 Å². The zero-order valence-electron chi connectivity index (χ0n) is 11.4. The van der Waals surface area contributed by atoms with E-state index in [1.165, 1.54) is 5.69 Å². The molecule has 1 atom stereocenters. The van der Waals surface area contributed by atoms with Crippen molar-refractivity contribution < 1.29 is 0 Å². The topological polar surface area (TPSA) is 3.24 Å². The van der Waals surface area contributed by atoms with Gasteiger partial charge in [0.15, 0.2) is 0 Å². The molecule has 0 saturated heterocycles. The zero-order valence-corrected chi connectivity index (χ0v) is 13.0. The fraction of sp³-hybridized carbons (Fsp3) is 0.600. The second-order valence-corrected chi connectivity index (χ2v) is 6.24. The van der Waals surface area contributed by atoms with Gasteiger partial charge in [0.2, 0.25) is 0 Å². The van der Waals surface area contributed by atoms with E-state index in [4.69, 9.17) is 0 Å². The molecule has 0 amide bonds. The van der Waals surface area contributed by atoms with Gasteiger partial charge in [0, 0.05) is 24.1 Å². The molecular formula is C15H24BrN. The minimum atomic E-state index is 0.339. The zero-order chi connectivity index (χ0) is 12.9. The van der Waals surface area contributed by atoms with Gasteiger partial charge in [0.25, 0.3) is 0 Å². The lowest BCUT2D eigenvalue weighted by Crippen LogP contribution is -2.36. The van der Waals surface area contributed by atoms with Crippen LogP contribution < -0.4 is 4.90 Å². The Hall–Kier alpha value is -0.500. The maximum Gasteiger partial charge on any atom is 0.0366 e. The number of hydrogen-bond donors (Lipinski definition) is 0. The van der Waals surface area contributed by atoms with E-state index in [0.29, 0.717) is 11.3 Å². The van der Waals surface area contributed by atoms with E-state index in [2.05, 4.69) is 78.9 Å². The van der Waals surface area contributed by atoms with Gasteiger partial charge in [-0.2, -0.15) is 0 Å². The standard InChI is InChI=1S/C15H24BrN/c1-5-17(14-9-7-6-8-10-14)12-13(11-16)15(2,3)4/h6-10,13H,5,11-12H2,1-4H3. The van der Waals surface area contributed by atoms with Crippen molar-refractivity contribution in [2.45, 2.75) is 27.7 Å². The van der Waals surface area contributed by atoms with E-state index in [1.807, 2.05) is 0 Å². The second kappa shape index (κ2) is 6.44. The van der Waals surface area contributed by atoms with E-state index in [1.54, 1.807) is 0 Å². The average Bonchev–Trinajstić information content (AvgIpc) is 2.30. The molecule has 1 rings (SSSR count). The van der Waals surface area contributed by atoms with Crippen molar-refractivity contribution in [3.63, 3.8) is 0 Å². The maximum absolute atomic E-state index is 3.66. The highest BCUT2D eigenvalue weighted by atomic mass is 79.9. The lowest BCUT2D eigenvalue weighted by molar-refractivity contribution is 0.271. The van der Waals surface area contributed by atoms with Crippen molar-refractivity contribution in [2.75, 3.05) is 23.3 Å².